The molecule has 0 radical (unpaired) electrons. The molecule has 30 heavy (non-hydrogen) atoms. The van der Waals surface area contributed by atoms with Crippen LogP contribution in [0, 0.1) is 5.82 Å². The van der Waals surface area contributed by atoms with Gasteiger partial charge in [-0.3, -0.25) is 18.9 Å². The number of aromatic nitrogens is 2. The first-order chi connectivity index (χ1) is 13.5. The smallest absolute Gasteiger partial charge is 0.387 e. The van der Waals surface area contributed by atoms with Crippen molar-refractivity contribution >= 4 is 23.5 Å². The molecule has 0 saturated carbocycles. The number of aromatic amines is 1. The molecule has 0 bridgehead atoms. The molecule has 2 rings (SSSR count). The molecule has 1 fully saturated rings. The summed E-state index contributed by atoms with van der Waals surface area (Å²) in [5, 5.41) is 19.9. The van der Waals surface area contributed by atoms with E-state index in [2.05, 4.69) is 13.1 Å². The summed E-state index contributed by atoms with van der Waals surface area (Å²) in [7, 11) is -17.0. The molecule has 0 unspecified atom stereocenters. The van der Waals surface area contributed by atoms with Crippen LogP contribution in [0.1, 0.15) is 6.23 Å². The van der Waals surface area contributed by atoms with Crippen LogP contribution < -0.4 is 11.2 Å². The summed E-state index contributed by atoms with van der Waals surface area (Å²) in [6.45, 7) is -1.22. The fourth-order valence-corrected chi connectivity index (χ4v) is 5.41. The van der Waals surface area contributed by atoms with E-state index < -0.39 is 71.7 Å². The van der Waals surface area contributed by atoms with Gasteiger partial charge < -0.3 is 34.5 Å². The van der Waals surface area contributed by atoms with Crippen LogP contribution in [0.25, 0.3) is 0 Å². The van der Waals surface area contributed by atoms with Gasteiger partial charge in [-0.25, -0.2) is 18.5 Å². The second kappa shape index (κ2) is 8.80. The molecular weight excluding hydrogens is 488 g/mol. The second-order valence-electron chi connectivity index (χ2n) is 5.58. The Labute approximate surface area is 163 Å². The van der Waals surface area contributed by atoms with E-state index >= 15 is 0 Å². The highest BCUT2D eigenvalue weighted by molar-refractivity contribution is 7.66. The number of halogens is 1. The Bertz CT molecular complexity index is 1010. The van der Waals surface area contributed by atoms with Gasteiger partial charge in [-0.15, -0.1) is 0 Å². The van der Waals surface area contributed by atoms with Crippen LogP contribution in [-0.2, 0) is 31.6 Å². The molecule has 4 atom stereocenters. The number of nitrogens with one attached hydrogen (secondary N) is 1. The average Bonchev–Trinajstić information content (AvgIpc) is 2.81. The van der Waals surface area contributed by atoms with E-state index in [9.17, 15) is 37.9 Å². The van der Waals surface area contributed by atoms with Gasteiger partial charge in [0.15, 0.2) is 6.23 Å². The van der Waals surface area contributed by atoms with Gasteiger partial charge in [-0.2, -0.15) is 13.0 Å². The van der Waals surface area contributed by atoms with Gasteiger partial charge in [0.25, 0.3) is 5.56 Å². The van der Waals surface area contributed by atoms with Gasteiger partial charge in [0.1, 0.15) is 18.3 Å². The summed E-state index contributed by atoms with van der Waals surface area (Å²) in [4.78, 5) is 59.1. The molecule has 2 heterocycles. The number of nitrogens with zero attached hydrogens (tertiary/aromatic N) is 1. The lowest BCUT2D eigenvalue weighted by molar-refractivity contribution is -0.0545. The predicted molar refractivity (Wildman–Crippen MR) is 87.0 cm³/mol. The number of hydrogen-bond acceptors (Lipinski definition) is 11. The maximum absolute atomic E-state index is 13.4. The SMILES string of the molecule is O=c1[nH]c(=O)n([C@@H]2O[C@H](COP(=O)(OP(=O)(O)O)OP(=O)(O)O)[C@@H](O)[C@H]2O)cc1F. The second-order valence-corrected chi connectivity index (χ2v) is 10.00. The number of rotatable bonds is 8. The predicted octanol–water partition coefficient (Wildman–Crippen LogP) is -2.36. The molecule has 1 aromatic heterocycles. The molecule has 21 heteroatoms. The Hall–Kier alpha value is -1.10. The van der Waals surface area contributed by atoms with E-state index in [1.807, 2.05) is 0 Å². The van der Waals surface area contributed by atoms with Crippen molar-refractivity contribution < 1.29 is 65.8 Å². The van der Waals surface area contributed by atoms with Crippen LogP contribution in [0.4, 0.5) is 4.39 Å². The Balaban J connectivity index is 2.22. The molecule has 7 N–H and O–H groups in total. The van der Waals surface area contributed by atoms with E-state index in [0.29, 0.717) is 10.8 Å². The lowest BCUT2D eigenvalue weighted by Gasteiger charge is -2.21. The fourth-order valence-electron chi connectivity index (χ4n) is 2.23. The number of ether oxygens (including phenoxy) is 1. The van der Waals surface area contributed by atoms with Crippen LogP contribution in [0.5, 0.6) is 0 Å². The summed E-state index contributed by atoms with van der Waals surface area (Å²) in [6.07, 6.45) is -7.16. The standard InChI is InChI=1S/C9H14FN2O15P3/c10-3-1-12(9(16)11-7(3)15)8-6(14)5(13)4(25-8)2-24-30(23,26-28(17,18)19)27-29(20,21)22/h1,4-6,8,13-14H,2H2,(H,11,15,16)(H2,17,18,19)(H2,20,21,22)/t4-,5-,6-,8-/m1/s1. The topological polar surface area (TPSA) is 264 Å². The highest BCUT2D eigenvalue weighted by atomic mass is 31.3. The average molecular weight is 502 g/mol. The Kier molecular flexibility index (Phi) is 7.38. The summed E-state index contributed by atoms with van der Waals surface area (Å²) in [6, 6.07) is 0. The highest BCUT2D eigenvalue weighted by Crippen LogP contribution is 2.67. The number of H-pyrrole nitrogens is 1. The van der Waals surface area contributed by atoms with Crippen molar-refractivity contribution in [2.24, 2.45) is 0 Å². The van der Waals surface area contributed by atoms with E-state index in [1.54, 1.807) is 4.98 Å². The van der Waals surface area contributed by atoms with E-state index in [-0.39, 0.29) is 0 Å². The Morgan fingerprint density at radius 2 is 1.60 bits per heavy atom. The van der Waals surface area contributed by atoms with Crippen molar-refractivity contribution in [3.05, 3.63) is 32.9 Å². The van der Waals surface area contributed by atoms with Crippen LogP contribution in [-0.4, -0.2) is 64.3 Å². The van der Waals surface area contributed by atoms with Crippen LogP contribution in [0.2, 0.25) is 0 Å². The number of aliphatic hydroxyl groups excluding tert-OH is 2. The fraction of sp³-hybridized carbons (Fsp3) is 0.556. The lowest BCUT2D eigenvalue weighted by Crippen LogP contribution is -2.38. The minimum Gasteiger partial charge on any atom is -0.387 e. The van der Waals surface area contributed by atoms with Crippen molar-refractivity contribution in [2.75, 3.05) is 6.61 Å². The molecule has 1 aliphatic heterocycles. The number of hydrogen-bond donors (Lipinski definition) is 7. The van der Waals surface area contributed by atoms with Crippen molar-refractivity contribution in [3.63, 3.8) is 0 Å². The van der Waals surface area contributed by atoms with Gasteiger partial charge in [-0.05, 0) is 0 Å². The normalized spacial score (nSPS) is 25.6. The van der Waals surface area contributed by atoms with Crippen LogP contribution in [0.15, 0.2) is 15.8 Å². The molecule has 17 nitrogen and oxygen atoms in total. The monoisotopic (exact) mass is 502 g/mol. The van der Waals surface area contributed by atoms with E-state index in [1.165, 1.54) is 0 Å². The maximum atomic E-state index is 13.4. The zero-order chi connectivity index (χ0) is 23.1. The van der Waals surface area contributed by atoms with Gasteiger partial charge >= 0.3 is 29.2 Å². The zero-order valence-corrected chi connectivity index (χ0v) is 16.8. The van der Waals surface area contributed by atoms with Crippen molar-refractivity contribution in [1.82, 2.24) is 9.55 Å². The van der Waals surface area contributed by atoms with Crippen molar-refractivity contribution in [2.45, 2.75) is 24.5 Å². The minimum absolute atomic E-state index is 0.350. The summed E-state index contributed by atoms with van der Waals surface area (Å²) < 4.78 is 64.2. The molecular formula is C9H14FN2O15P3. The molecule has 1 aliphatic rings. The van der Waals surface area contributed by atoms with Gasteiger partial charge in [0.05, 0.1) is 12.8 Å². The first-order valence-electron chi connectivity index (χ1n) is 7.32. The zero-order valence-electron chi connectivity index (χ0n) is 14.1. The largest absolute Gasteiger partial charge is 0.492 e. The molecule has 0 aliphatic carbocycles. The van der Waals surface area contributed by atoms with Crippen LogP contribution in [0.3, 0.4) is 0 Å². The first kappa shape index (κ1) is 25.2. The number of phosphoric acid groups is 3. The first-order valence-corrected chi connectivity index (χ1v) is 11.8. The van der Waals surface area contributed by atoms with Crippen molar-refractivity contribution in [3.8, 4) is 0 Å². The molecule has 0 amide bonds. The lowest BCUT2D eigenvalue weighted by atomic mass is 10.1. The molecule has 1 saturated heterocycles. The molecule has 1 aromatic rings. The quantitative estimate of drug-likeness (QED) is 0.183. The maximum Gasteiger partial charge on any atom is 0.492 e. The molecule has 172 valence electrons. The van der Waals surface area contributed by atoms with E-state index in [0.717, 1.165) is 0 Å². The summed E-state index contributed by atoms with van der Waals surface area (Å²) in [5.74, 6) is -1.45. The van der Waals surface area contributed by atoms with Crippen molar-refractivity contribution in [1.29, 1.82) is 0 Å². The third-order valence-electron chi connectivity index (χ3n) is 3.35. The number of aliphatic hydroxyl groups is 2. The van der Waals surface area contributed by atoms with Gasteiger partial charge in [-0.1, -0.05) is 0 Å². The summed E-state index contributed by atoms with van der Waals surface area (Å²) >= 11 is 0. The third-order valence-corrected chi connectivity index (χ3v) is 7.11. The minimum atomic E-state index is -5.67. The highest BCUT2D eigenvalue weighted by Gasteiger charge is 2.48. The Morgan fingerprint density at radius 1 is 1.07 bits per heavy atom. The van der Waals surface area contributed by atoms with Gasteiger partial charge in [0.2, 0.25) is 5.82 Å². The summed E-state index contributed by atoms with van der Waals surface area (Å²) in [5.41, 5.74) is -2.63. The third kappa shape index (κ3) is 6.45. The van der Waals surface area contributed by atoms with Crippen LogP contribution >= 0.6 is 23.5 Å². The molecule has 0 aromatic carbocycles. The van der Waals surface area contributed by atoms with E-state index in [4.69, 9.17) is 24.3 Å². The Morgan fingerprint density at radius 3 is 2.10 bits per heavy atom. The molecule has 0 spiro atoms. The van der Waals surface area contributed by atoms with Gasteiger partial charge in [0, 0.05) is 0 Å².